The number of nitrogens with one attached hydrogen (secondary N) is 1. The van der Waals surface area contributed by atoms with Crippen molar-refractivity contribution < 1.29 is 4.42 Å². The van der Waals surface area contributed by atoms with Gasteiger partial charge in [-0.15, -0.1) is 0 Å². The van der Waals surface area contributed by atoms with Gasteiger partial charge in [0.1, 0.15) is 5.76 Å². The van der Waals surface area contributed by atoms with E-state index in [2.05, 4.69) is 66.3 Å². The van der Waals surface area contributed by atoms with Crippen LogP contribution in [0.3, 0.4) is 0 Å². The van der Waals surface area contributed by atoms with E-state index in [0.717, 1.165) is 31.2 Å². The Bertz CT molecular complexity index is 635. The number of aromatic nitrogens is 1. The molecular formula is C19H27N3O. The van der Waals surface area contributed by atoms with E-state index in [1.807, 2.05) is 6.92 Å². The zero-order valence-corrected chi connectivity index (χ0v) is 14.5. The Morgan fingerprint density at radius 3 is 2.74 bits per heavy atom. The fourth-order valence-electron chi connectivity index (χ4n) is 3.50. The maximum absolute atomic E-state index is 5.64. The van der Waals surface area contributed by atoms with Gasteiger partial charge >= 0.3 is 0 Å². The van der Waals surface area contributed by atoms with Gasteiger partial charge in [0.05, 0.1) is 12.2 Å². The Morgan fingerprint density at radius 1 is 1.35 bits per heavy atom. The molecule has 1 aromatic carbocycles. The van der Waals surface area contributed by atoms with E-state index in [0.29, 0.717) is 6.04 Å². The minimum atomic E-state index is 0.140. The van der Waals surface area contributed by atoms with Crippen LogP contribution in [-0.2, 0) is 6.54 Å². The molecule has 1 aromatic heterocycles. The van der Waals surface area contributed by atoms with Crippen LogP contribution in [0.2, 0.25) is 0 Å². The van der Waals surface area contributed by atoms with Crippen LogP contribution in [0.5, 0.6) is 0 Å². The third-order valence-corrected chi connectivity index (χ3v) is 4.75. The van der Waals surface area contributed by atoms with Crippen LogP contribution in [0.15, 0.2) is 40.9 Å². The zero-order chi connectivity index (χ0) is 16.4. The normalized spacial score (nSPS) is 22.3. The first-order valence-electron chi connectivity index (χ1n) is 8.41. The highest BCUT2D eigenvalue weighted by atomic mass is 16.4. The van der Waals surface area contributed by atoms with Crippen LogP contribution in [0.25, 0.3) is 0 Å². The van der Waals surface area contributed by atoms with Crippen molar-refractivity contribution in [2.45, 2.75) is 58.3 Å². The zero-order valence-electron chi connectivity index (χ0n) is 14.5. The molecule has 1 N–H and O–H groups in total. The fraction of sp³-hybridized carbons (Fsp3) is 0.526. The fourth-order valence-corrected chi connectivity index (χ4v) is 3.50. The molecule has 0 saturated carbocycles. The van der Waals surface area contributed by atoms with Crippen LogP contribution in [0.4, 0.5) is 0 Å². The van der Waals surface area contributed by atoms with Gasteiger partial charge in [-0.3, -0.25) is 4.90 Å². The second-order valence-corrected chi connectivity index (χ2v) is 7.28. The highest BCUT2D eigenvalue weighted by Gasteiger charge is 2.38. The molecule has 1 saturated heterocycles. The van der Waals surface area contributed by atoms with Crippen LogP contribution < -0.4 is 5.32 Å². The van der Waals surface area contributed by atoms with Gasteiger partial charge in [0.2, 0.25) is 5.89 Å². The average Bonchev–Trinajstić information content (AvgIpc) is 3.04. The average molecular weight is 313 g/mol. The molecule has 0 unspecified atom stereocenters. The van der Waals surface area contributed by atoms with Crippen molar-refractivity contribution in [1.82, 2.24) is 15.2 Å². The summed E-state index contributed by atoms with van der Waals surface area (Å²) < 4.78 is 5.64. The lowest BCUT2D eigenvalue weighted by Gasteiger charge is -2.31. The van der Waals surface area contributed by atoms with E-state index >= 15 is 0 Å². The molecule has 2 atom stereocenters. The Balaban J connectivity index is 1.62. The lowest BCUT2D eigenvalue weighted by atomic mass is 9.99. The standard InChI is InChI=1S/C19H27N3O/c1-14-11-20-18(23-14)15(2)21-17-10-19(3,4)22(13-17)12-16-8-6-5-7-9-16/h5-9,11,15,17,21H,10,12-13H2,1-4H3/t15-,17+/m1/s1. The highest BCUT2D eigenvalue weighted by Crippen LogP contribution is 2.31. The van der Waals surface area contributed by atoms with Crippen LogP contribution >= 0.6 is 0 Å². The van der Waals surface area contributed by atoms with Crippen LogP contribution in [-0.4, -0.2) is 28.0 Å². The van der Waals surface area contributed by atoms with E-state index in [-0.39, 0.29) is 11.6 Å². The summed E-state index contributed by atoms with van der Waals surface area (Å²) in [6.07, 6.45) is 2.91. The Kier molecular flexibility index (Phi) is 4.55. The number of hydrogen-bond acceptors (Lipinski definition) is 4. The molecule has 3 rings (SSSR count). The summed E-state index contributed by atoms with van der Waals surface area (Å²) in [7, 11) is 0. The van der Waals surface area contributed by atoms with Gasteiger partial charge in [0.15, 0.2) is 0 Å². The maximum Gasteiger partial charge on any atom is 0.211 e. The van der Waals surface area contributed by atoms with E-state index in [9.17, 15) is 0 Å². The molecule has 1 aliphatic rings. The molecule has 0 bridgehead atoms. The lowest BCUT2D eigenvalue weighted by Crippen LogP contribution is -2.37. The Hall–Kier alpha value is -1.65. The third kappa shape index (κ3) is 3.82. The molecule has 0 amide bonds. The van der Waals surface area contributed by atoms with Crippen molar-refractivity contribution in [3.8, 4) is 0 Å². The first-order chi connectivity index (χ1) is 10.9. The second-order valence-electron chi connectivity index (χ2n) is 7.28. The molecule has 1 aliphatic heterocycles. The summed E-state index contributed by atoms with van der Waals surface area (Å²) in [5.41, 5.74) is 1.57. The number of aryl methyl sites for hydroxylation is 1. The summed E-state index contributed by atoms with van der Waals surface area (Å²) in [5.74, 6) is 1.65. The summed E-state index contributed by atoms with van der Waals surface area (Å²) in [4.78, 5) is 6.90. The molecule has 2 heterocycles. The topological polar surface area (TPSA) is 41.3 Å². The predicted molar refractivity (Wildman–Crippen MR) is 92.1 cm³/mol. The number of likely N-dealkylation sites (tertiary alicyclic amines) is 1. The highest BCUT2D eigenvalue weighted by molar-refractivity contribution is 5.15. The molecule has 0 spiro atoms. The number of oxazole rings is 1. The molecule has 23 heavy (non-hydrogen) atoms. The van der Waals surface area contributed by atoms with Gasteiger partial charge in [0.25, 0.3) is 0 Å². The van der Waals surface area contributed by atoms with E-state index in [4.69, 9.17) is 4.42 Å². The van der Waals surface area contributed by atoms with Gasteiger partial charge in [-0.1, -0.05) is 30.3 Å². The summed E-state index contributed by atoms with van der Waals surface area (Å²) in [6.45, 7) is 10.8. The van der Waals surface area contributed by atoms with Gasteiger partial charge in [-0.25, -0.2) is 4.98 Å². The Labute approximate surface area is 138 Å². The maximum atomic E-state index is 5.64. The van der Waals surface area contributed by atoms with E-state index in [1.165, 1.54) is 5.56 Å². The SMILES string of the molecule is Cc1cnc([C@@H](C)N[C@@H]2CN(Cc3ccccc3)C(C)(C)C2)o1. The van der Waals surface area contributed by atoms with Crippen molar-refractivity contribution >= 4 is 0 Å². The Morgan fingerprint density at radius 2 is 2.09 bits per heavy atom. The molecule has 4 nitrogen and oxygen atoms in total. The van der Waals surface area contributed by atoms with Crippen molar-refractivity contribution in [2.75, 3.05) is 6.54 Å². The molecule has 0 radical (unpaired) electrons. The smallest absolute Gasteiger partial charge is 0.211 e. The van der Waals surface area contributed by atoms with Crippen molar-refractivity contribution in [3.05, 3.63) is 53.7 Å². The first-order valence-corrected chi connectivity index (χ1v) is 8.41. The number of benzene rings is 1. The largest absolute Gasteiger partial charge is 0.444 e. The molecule has 1 fully saturated rings. The molecule has 4 heteroatoms. The quantitative estimate of drug-likeness (QED) is 0.914. The molecule has 0 aliphatic carbocycles. The first kappa shape index (κ1) is 16.2. The monoisotopic (exact) mass is 313 g/mol. The summed E-state index contributed by atoms with van der Waals surface area (Å²) >= 11 is 0. The minimum Gasteiger partial charge on any atom is -0.444 e. The third-order valence-electron chi connectivity index (χ3n) is 4.75. The minimum absolute atomic E-state index is 0.140. The number of hydrogen-bond donors (Lipinski definition) is 1. The summed E-state index contributed by atoms with van der Waals surface area (Å²) in [5, 5.41) is 3.68. The second kappa shape index (κ2) is 6.46. The van der Waals surface area contributed by atoms with Gasteiger partial charge in [0, 0.05) is 24.7 Å². The van der Waals surface area contributed by atoms with Crippen molar-refractivity contribution in [3.63, 3.8) is 0 Å². The summed E-state index contributed by atoms with van der Waals surface area (Å²) in [6, 6.07) is 11.3. The van der Waals surface area contributed by atoms with E-state index < -0.39 is 0 Å². The van der Waals surface area contributed by atoms with Gasteiger partial charge in [-0.2, -0.15) is 0 Å². The van der Waals surface area contributed by atoms with Crippen LogP contribution in [0, 0.1) is 6.92 Å². The number of rotatable bonds is 5. The van der Waals surface area contributed by atoms with Crippen LogP contribution in [0.1, 0.15) is 50.4 Å². The lowest BCUT2D eigenvalue weighted by molar-refractivity contribution is 0.166. The van der Waals surface area contributed by atoms with Gasteiger partial charge < -0.3 is 9.73 Å². The predicted octanol–water partition coefficient (Wildman–Crippen LogP) is 3.69. The molecule has 124 valence electrons. The van der Waals surface area contributed by atoms with Crippen molar-refractivity contribution in [2.24, 2.45) is 0 Å². The molecular weight excluding hydrogens is 286 g/mol. The van der Waals surface area contributed by atoms with Crippen molar-refractivity contribution in [1.29, 1.82) is 0 Å². The van der Waals surface area contributed by atoms with E-state index in [1.54, 1.807) is 6.20 Å². The number of nitrogens with zero attached hydrogens (tertiary/aromatic N) is 2. The van der Waals surface area contributed by atoms with Gasteiger partial charge in [-0.05, 0) is 39.7 Å². The molecule has 2 aromatic rings.